The third-order valence-electron chi connectivity index (χ3n) is 8.78. The number of fused-ring (bicyclic) bond motifs is 4. The van der Waals surface area contributed by atoms with Crippen molar-refractivity contribution in [3.63, 3.8) is 0 Å². The van der Waals surface area contributed by atoms with Crippen LogP contribution in [-0.2, 0) is 35.7 Å². The van der Waals surface area contributed by atoms with Gasteiger partial charge in [0.2, 0.25) is 0 Å². The summed E-state index contributed by atoms with van der Waals surface area (Å²) in [5, 5.41) is 9.66. The zero-order valence-corrected chi connectivity index (χ0v) is 24.3. The van der Waals surface area contributed by atoms with Gasteiger partial charge >= 0.3 is 0 Å². The van der Waals surface area contributed by atoms with E-state index in [9.17, 15) is 4.79 Å². The summed E-state index contributed by atoms with van der Waals surface area (Å²) in [5.41, 5.74) is 9.83. The van der Waals surface area contributed by atoms with Gasteiger partial charge in [-0.05, 0) is 66.0 Å². The number of aliphatic hydroxyl groups is 1. The Morgan fingerprint density at radius 2 is 1.55 bits per heavy atom. The Labute approximate surface area is 238 Å². The summed E-state index contributed by atoms with van der Waals surface area (Å²) in [7, 11) is 0. The molecule has 3 aromatic carbocycles. The Bertz CT molecular complexity index is 1530. The van der Waals surface area contributed by atoms with Gasteiger partial charge in [0.05, 0.1) is 11.3 Å². The Morgan fingerprint density at radius 1 is 0.895 bits per heavy atom. The molecule has 0 bridgehead atoms. The van der Waals surface area contributed by atoms with E-state index in [1.165, 1.54) is 97.3 Å². The fourth-order valence-electron chi connectivity index (χ4n) is 7.70. The molecule has 1 N–H and O–H groups in total. The first-order chi connectivity index (χ1) is 18.0. The van der Waals surface area contributed by atoms with Crippen molar-refractivity contribution in [3.05, 3.63) is 102 Å². The van der Waals surface area contributed by atoms with E-state index in [4.69, 9.17) is 10.1 Å². The number of pyridine rings is 1. The topological polar surface area (TPSA) is 50.2 Å². The van der Waals surface area contributed by atoms with Crippen LogP contribution in [0.25, 0.3) is 33.3 Å². The molecule has 7 rings (SSSR count). The van der Waals surface area contributed by atoms with Crippen LogP contribution < -0.4 is 0 Å². The number of hydrogen-bond acceptors (Lipinski definition) is 3. The van der Waals surface area contributed by atoms with Gasteiger partial charge in [0.1, 0.15) is 0 Å². The number of aromatic nitrogens is 1. The molecule has 0 unspecified atom stereocenters. The van der Waals surface area contributed by atoms with E-state index in [2.05, 4.69) is 78.9 Å². The van der Waals surface area contributed by atoms with Crippen LogP contribution in [0, 0.1) is 6.07 Å². The van der Waals surface area contributed by atoms with Crippen molar-refractivity contribution in [1.29, 1.82) is 0 Å². The Morgan fingerprint density at radius 3 is 2.21 bits per heavy atom. The third kappa shape index (κ3) is 3.97. The maximum Gasteiger partial charge on any atom is 0.155 e. The predicted octanol–water partition coefficient (Wildman–Crippen LogP) is 8.26. The van der Waals surface area contributed by atoms with Crippen molar-refractivity contribution in [2.45, 2.75) is 63.2 Å². The molecule has 1 heterocycles. The molecule has 1 aromatic heterocycles. The van der Waals surface area contributed by atoms with Crippen molar-refractivity contribution >= 4 is 16.7 Å². The Kier molecular flexibility index (Phi) is 7.15. The normalized spacial score (nSPS) is 22.7. The van der Waals surface area contributed by atoms with Crippen molar-refractivity contribution in [2.75, 3.05) is 0 Å². The number of hydrogen-bond donors (Lipinski definition) is 1. The molecule has 0 saturated heterocycles. The molecule has 3 aliphatic carbocycles. The summed E-state index contributed by atoms with van der Waals surface area (Å²) >= 11 is 0. The molecule has 3 aliphatic rings. The minimum absolute atomic E-state index is 0. The van der Waals surface area contributed by atoms with Gasteiger partial charge in [-0.15, -0.1) is 35.4 Å². The van der Waals surface area contributed by atoms with E-state index in [0.29, 0.717) is 0 Å². The summed E-state index contributed by atoms with van der Waals surface area (Å²) in [6.07, 6.45) is 8.97. The third-order valence-corrected chi connectivity index (χ3v) is 8.78. The average Bonchev–Trinajstić information content (AvgIpc) is 3.46. The van der Waals surface area contributed by atoms with Gasteiger partial charge in [0, 0.05) is 31.6 Å². The van der Waals surface area contributed by atoms with Gasteiger partial charge in [0.15, 0.2) is 5.78 Å². The molecule has 4 heteroatoms. The number of ketones is 1. The second kappa shape index (κ2) is 10.2. The minimum atomic E-state index is -0.125. The van der Waals surface area contributed by atoms with Crippen LogP contribution in [0.15, 0.2) is 84.6 Å². The summed E-state index contributed by atoms with van der Waals surface area (Å²) in [5.74, 6) is -0.0625. The van der Waals surface area contributed by atoms with Crippen LogP contribution in [-0.4, -0.2) is 15.9 Å². The quantitative estimate of drug-likeness (QED) is 0.132. The van der Waals surface area contributed by atoms with Crippen LogP contribution in [0.4, 0.5) is 0 Å². The SMILES string of the molecule is CC(=O)C=C(C)O.[Ir].[c-]1cccc2c1-c1nc3ccccc3c(-c3ccccc3)c1C13CCCC21CCC3. The minimum Gasteiger partial charge on any atom is -0.512 e. The Hall–Kier alpha value is -3.07. The first-order valence-electron chi connectivity index (χ1n) is 13.3. The molecule has 0 aliphatic heterocycles. The molecule has 2 fully saturated rings. The molecule has 195 valence electrons. The van der Waals surface area contributed by atoms with Gasteiger partial charge in [-0.25, -0.2) is 0 Å². The van der Waals surface area contributed by atoms with E-state index < -0.39 is 0 Å². The number of para-hydroxylation sites is 1. The van der Waals surface area contributed by atoms with Crippen LogP contribution in [0.3, 0.4) is 0 Å². The number of aliphatic hydroxyl groups excluding tert-OH is 1. The van der Waals surface area contributed by atoms with Crippen molar-refractivity contribution < 1.29 is 30.0 Å². The van der Waals surface area contributed by atoms with Crippen molar-refractivity contribution in [2.24, 2.45) is 0 Å². The van der Waals surface area contributed by atoms with E-state index in [1.54, 1.807) is 0 Å². The van der Waals surface area contributed by atoms with E-state index in [-0.39, 0.29) is 42.5 Å². The summed E-state index contributed by atoms with van der Waals surface area (Å²) in [4.78, 5) is 15.3. The summed E-state index contributed by atoms with van der Waals surface area (Å²) in [6.45, 7) is 2.85. The molecular formula is C34H32IrNO2-. The number of nitrogens with zero attached hydrogens (tertiary/aromatic N) is 1. The second-order valence-corrected chi connectivity index (χ2v) is 10.8. The number of benzene rings is 3. The van der Waals surface area contributed by atoms with Gasteiger partial charge < -0.3 is 5.11 Å². The molecular weight excluding hydrogens is 647 g/mol. The van der Waals surface area contributed by atoms with Crippen LogP contribution >= 0.6 is 0 Å². The van der Waals surface area contributed by atoms with Crippen LogP contribution in [0.2, 0.25) is 0 Å². The molecule has 2 saturated carbocycles. The maximum atomic E-state index is 10.0. The Balaban J connectivity index is 0.000000329. The number of rotatable bonds is 2. The molecule has 1 radical (unpaired) electrons. The predicted molar refractivity (Wildman–Crippen MR) is 150 cm³/mol. The molecule has 0 spiro atoms. The van der Waals surface area contributed by atoms with Crippen LogP contribution in [0.1, 0.15) is 63.5 Å². The van der Waals surface area contributed by atoms with Gasteiger partial charge in [-0.3, -0.25) is 9.78 Å². The molecule has 3 nitrogen and oxygen atoms in total. The van der Waals surface area contributed by atoms with Gasteiger partial charge in [-0.2, -0.15) is 0 Å². The first kappa shape index (κ1) is 26.5. The summed E-state index contributed by atoms with van der Waals surface area (Å²) < 4.78 is 0. The second-order valence-electron chi connectivity index (χ2n) is 10.8. The number of carbonyl (C=O) groups excluding carboxylic acids is 1. The molecule has 0 atom stereocenters. The number of allylic oxidation sites excluding steroid dienone is 2. The standard InChI is InChI=1S/C29H24N.C5H8O2.Ir/c1-2-10-20(11-3-1)25-22-13-5-7-15-24(22)30-27-21-12-4-6-14-23(21)28-16-8-18-29(28,26(25)27)19-9-17-28;1-4(6)3-5(2)7;/h1-7,10-11,13-15H,8-9,16-19H2;3,6H,1-2H3;/q-1;;. The zero-order chi connectivity index (χ0) is 25.6. The molecule has 38 heavy (non-hydrogen) atoms. The van der Waals surface area contributed by atoms with E-state index in [1.807, 2.05) is 0 Å². The summed E-state index contributed by atoms with van der Waals surface area (Å²) in [6, 6.07) is 30.1. The monoisotopic (exact) mass is 679 g/mol. The van der Waals surface area contributed by atoms with E-state index in [0.717, 1.165) is 5.52 Å². The van der Waals surface area contributed by atoms with Crippen molar-refractivity contribution in [1.82, 2.24) is 4.98 Å². The number of carbonyl (C=O) groups is 1. The fourth-order valence-corrected chi connectivity index (χ4v) is 7.70. The van der Waals surface area contributed by atoms with E-state index >= 15 is 0 Å². The first-order valence-corrected chi connectivity index (χ1v) is 13.3. The fraction of sp³-hybridized carbons (Fsp3) is 0.294. The molecule has 0 amide bonds. The zero-order valence-electron chi connectivity index (χ0n) is 21.9. The smallest absolute Gasteiger partial charge is 0.155 e. The average molecular weight is 679 g/mol. The molecule has 4 aromatic rings. The largest absolute Gasteiger partial charge is 0.512 e. The van der Waals surface area contributed by atoms with Crippen LogP contribution in [0.5, 0.6) is 0 Å². The van der Waals surface area contributed by atoms with Gasteiger partial charge in [0.25, 0.3) is 0 Å². The van der Waals surface area contributed by atoms with Gasteiger partial charge in [-0.1, -0.05) is 74.2 Å². The maximum absolute atomic E-state index is 10.0. The van der Waals surface area contributed by atoms with Crippen molar-refractivity contribution in [3.8, 4) is 22.4 Å².